The number of likely N-dealkylation sites (N-methyl/N-ethyl adjacent to an activating group) is 1. The standard InChI is InChI=1S/C26H31ClN6O4/c1-16-4-3-7-32(11-16)26-29-10-20(27)24(31-26)30-19-5-6-21-18(8-19)9-22(37-15-23(34)28-2)25(35)33(21)12-17-13-36-14-17/h5-6,8-10,16-17H,3-4,7,11-15H2,1-2H3,(H,28,34)(H,29,30,31)/t16-/m0/s1. The van der Waals surface area contributed by atoms with Gasteiger partial charge in [0.25, 0.3) is 11.5 Å². The molecule has 1 aromatic carbocycles. The molecule has 4 heterocycles. The van der Waals surface area contributed by atoms with Gasteiger partial charge in [-0.2, -0.15) is 4.98 Å². The molecule has 0 spiro atoms. The van der Waals surface area contributed by atoms with Crippen molar-refractivity contribution < 1.29 is 14.3 Å². The van der Waals surface area contributed by atoms with Crippen molar-refractivity contribution in [1.82, 2.24) is 19.9 Å². The van der Waals surface area contributed by atoms with Crippen LogP contribution in [0.15, 0.2) is 35.3 Å². The molecule has 0 radical (unpaired) electrons. The molecule has 5 rings (SSSR count). The maximum Gasteiger partial charge on any atom is 0.293 e. The first-order valence-electron chi connectivity index (χ1n) is 12.5. The van der Waals surface area contributed by atoms with E-state index in [0.29, 0.717) is 42.5 Å². The molecule has 1 atom stereocenters. The topological polar surface area (TPSA) is 111 Å². The molecule has 2 aromatic heterocycles. The fourth-order valence-corrected chi connectivity index (χ4v) is 4.83. The van der Waals surface area contributed by atoms with Gasteiger partial charge in [0, 0.05) is 43.7 Å². The van der Waals surface area contributed by atoms with E-state index >= 15 is 0 Å². The molecule has 2 fully saturated rings. The van der Waals surface area contributed by atoms with Gasteiger partial charge in [0.2, 0.25) is 5.95 Å². The van der Waals surface area contributed by atoms with Gasteiger partial charge in [-0.3, -0.25) is 9.59 Å². The molecule has 10 nitrogen and oxygen atoms in total. The van der Waals surface area contributed by atoms with Crippen molar-refractivity contribution in [3.05, 3.63) is 45.8 Å². The Kier molecular flexibility index (Phi) is 7.48. The van der Waals surface area contributed by atoms with Gasteiger partial charge in [-0.15, -0.1) is 0 Å². The quantitative estimate of drug-likeness (QED) is 0.460. The molecule has 3 aromatic rings. The predicted molar refractivity (Wildman–Crippen MR) is 143 cm³/mol. The number of anilines is 3. The van der Waals surface area contributed by atoms with Gasteiger partial charge >= 0.3 is 0 Å². The van der Waals surface area contributed by atoms with Crippen LogP contribution in [0.2, 0.25) is 5.02 Å². The number of aromatic nitrogens is 3. The number of halogens is 1. The molecule has 2 aliphatic rings. The van der Waals surface area contributed by atoms with Crippen LogP contribution in [-0.4, -0.2) is 60.4 Å². The minimum atomic E-state index is -0.314. The molecule has 0 saturated carbocycles. The fraction of sp³-hybridized carbons (Fsp3) is 0.462. The average molecular weight is 527 g/mol. The molecule has 0 unspecified atom stereocenters. The predicted octanol–water partition coefficient (Wildman–Crippen LogP) is 3.20. The number of benzene rings is 1. The number of fused-ring (bicyclic) bond motifs is 1. The van der Waals surface area contributed by atoms with Crippen LogP contribution in [0, 0.1) is 11.8 Å². The van der Waals surface area contributed by atoms with Crippen LogP contribution < -0.4 is 25.8 Å². The average Bonchev–Trinajstić information content (AvgIpc) is 2.87. The molecular weight excluding hydrogens is 496 g/mol. The van der Waals surface area contributed by atoms with Crippen LogP contribution in [0.1, 0.15) is 19.8 Å². The fourth-order valence-electron chi connectivity index (χ4n) is 4.69. The zero-order valence-electron chi connectivity index (χ0n) is 21.0. The Hall–Kier alpha value is -3.37. The van der Waals surface area contributed by atoms with Gasteiger partial charge in [0.05, 0.1) is 24.9 Å². The monoisotopic (exact) mass is 526 g/mol. The molecule has 2 N–H and O–H groups in total. The summed E-state index contributed by atoms with van der Waals surface area (Å²) < 4.78 is 12.6. The van der Waals surface area contributed by atoms with Crippen LogP contribution in [-0.2, 0) is 16.1 Å². The lowest BCUT2D eigenvalue weighted by Crippen LogP contribution is -2.36. The molecular formula is C26H31ClN6O4. The van der Waals surface area contributed by atoms with E-state index < -0.39 is 0 Å². The molecule has 2 aliphatic heterocycles. The lowest BCUT2D eigenvalue weighted by atomic mass is 10.0. The van der Waals surface area contributed by atoms with Gasteiger partial charge in [-0.05, 0) is 43.0 Å². The van der Waals surface area contributed by atoms with Crippen LogP contribution in [0.5, 0.6) is 5.75 Å². The highest BCUT2D eigenvalue weighted by Gasteiger charge is 2.23. The van der Waals surface area contributed by atoms with Crippen molar-refractivity contribution >= 4 is 45.9 Å². The van der Waals surface area contributed by atoms with Gasteiger partial charge in [0.1, 0.15) is 5.02 Å². The lowest BCUT2D eigenvalue weighted by molar-refractivity contribution is -0.122. The number of carbonyl (C=O) groups excluding carboxylic acids is 1. The van der Waals surface area contributed by atoms with E-state index in [2.05, 4.69) is 27.4 Å². The summed E-state index contributed by atoms with van der Waals surface area (Å²) >= 11 is 6.45. The Bertz CT molecular complexity index is 1360. The highest BCUT2D eigenvalue weighted by Crippen LogP contribution is 2.29. The Morgan fingerprint density at radius 1 is 1.30 bits per heavy atom. The minimum Gasteiger partial charge on any atom is -0.478 e. The summed E-state index contributed by atoms with van der Waals surface area (Å²) in [7, 11) is 1.52. The van der Waals surface area contributed by atoms with Crippen molar-refractivity contribution in [3.63, 3.8) is 0 Å². The number of pyridine rings is 1. The number of nitrogens with zero attached hydrogens (tertiary/aromatic N) is 4. The maximum atomic E-state index is 13.2. The van der Waals surface area contributed by atoms with Crippen LogP contribution >= 0.6 is 11.6 Å². The Morgan fingerprint density at radius 2 is 2.14 bits per heavy atom. The minimum absolute atomic E-state index is 0.120. The molecule has 37 heavy (non-hydrogen) atoms. The lowest BCUT2D eigenvalue weighted by Gasteiger charge is -2.31. The molecule has 2 saturated heterocycles. The van der Waals surface area contributed by atoms with Crippen LogP contribution in [0.3, 0.4) is 0 Å². The summed E-state index contributed by atoms with van der Waals surface area (Å²) in [5.74, 6) is 1.82. The third-order valence-corrected chi connectivity index (χ3v) is 7.06. The highest BCUT2D eigenvalue weighted by molar-refractivity contribution is 6.32. The number of hydrogen-bond acceptors (Lipinski definition) is 8. The summed E-state index contributed by atoms with van der Waals surface area (Å²) in [6.07, 6.45) is 3.94. The third kappa shape index (κ3) is 5.65. The van der Waals surface area contributed by atoms with E-state index in [-0.39, 0.29) is 29.7 Å². The number of rotatable bonds is 8. The summed E-state index contributed by atoms with van der Waals surface area (Å²) in [6, 6.07) is 7.36. The van der Waals surface area contributed by atoms with E-state index in [1.54, 1.807) is 16.8 Å². The summed E-state index contributed by atoms with van der Waals surface area (Å²) in [4.78, 5) is 36.3. The zero-order chi connectivity index (χ0) is 25.9. The zero-order valence-corrected chi connectivity index (χ0v) is 21.8. The van der Waals surface area contributed by atoms with E-state index in [1.807, 2.05) is 18.2 Å². The van der Waals surface area contributed by atoms with Gasteiger partial charge < -0.3 is 29.6 Å². The summed E-state index contributed by atoms with van der Waals surface area (Å²) in [5.41, 5.74) is 1.25. The number of amides is 1. The molecule has 0 bridgehead atoms. The second kappa shape index (κ2) is 10.9. The largest absolute Gasteiger partial charge is 0.478 e. The summed E-state index contributed by atoms with van der Waals surface area (Å²) in [5, 5.41) is 7.01. The first-order chi connectivity index (χ1) is 17.9. The smallest absolute Gasteiger partial charge is 0.293 e. The van der Waals surface area contributed by atoms with E-state index in [9.17, 15) is 9.59 Å². The van der Waals surface area contributed by atoms with Gasteiger partial charge in [-0.1, -0.05) is 18.5 Å². The molecule has 196 valence electrons. The maximum absolute atomic E-state index is 13.2. The molecule has 1 amide bonds. The van der Waals surface area contributed by atoms with E-state index in [1.165, 1.54) is 13.5 Å². The third-order valence-electron chi connectivity index (χ3n) is 6.78. The Balaban J connectivity index is 1.46. The van der Waals surface area contributed by atoms with Crippen molar-refractivity contribution in [1.29, 1.82) is 0 Å². The number of ether oxygens (including phenoxy) is 2. The molecule has 11 heteroatoms. The summed E-state index contributed by atoms with van der Waals surface area (Å²) in [6.45, 7) is 5.57. The normalized spacial score (nSPS) is 17.9. The van der Waals surface area contributed by atoms with Gasteiger partial charge in [-0.25, -0.2) is 4.98 Å². The number of nitrogens with one attached hydrogen (secondary N) is 2. The number of hydrogen-bond donors (Lipinski definition) is 2. The van der Waals surface area contributed by atoms with Crippen LogP contribution in [0.25, 0.3) is 10.9 Å². The SMILES string of the molecule is CNC(=O)COc1cc2cc(Nc3nc(N4CCC[C@H](C)C4)ncc3Cl)ccc2n(CC2COC2)c1=O. The van der Waals surface area contributed by atoms with E-state index in [4.69, 9.17) is 26.1 Å². The van der Waals surface area contributed by atoms with Gasteiger partial charge in [0.15, 0.2) is 18.2 Å². The second-order valence-corrected chi connectivity index (χ2v) is 10.2. The first-order valence-corrected chi connectivity index (χ1v) is 12.9. The Morgan fingerprint density at radius 3 is 2.86 bits per heavy atom. The second-order valence-electron chi connectivity index (χ2n) is 9.75. The number of carbonyl (C=O) groups is 1. The highest BCUT2D eigenvalue weighted by atomic mass is 35.5. The van der Waals surface area contributed by atoms with E-state index in [0.717, 1.165) is 36.1 Å². The van der Waals surface area contributed by atoms with Crippen molar-refractivity contribution in [2.75, 3.05) is 50.2 Å². The van der Waals surface area contributed by atoms with Crippen molar-refractivity contribution in [3.8, 4) is 5.75 Å². The van der Waals surface area contributed by atoms with Crippen molar-refractivity contribution in [2.45, 2.75) is 26.3 Å². The molecule has 0 aliphatic carbocycles. The Labute approximate surface area is 219 Å². The van der Waals surface area contributed by atoms with Crippen LogP contribution in [0.4, 0.5) is 17.5 Å². The first kappa shape index (κ1) is 25.3. The van der Waals surface area contributed by atoms with Crippen molar-refractivity contribution in [2.24, 2.45) is 11.8 Å². The number of piperidine rings is 1.